The van der Waals surface area contributed by atoms with Crippen LogP contribution in [0.3, 0.4) is 0 Å². The highest BCUT2D eigenvalue weighted by Gasteiger charge is 2.17. The Morgan fingerprint density at radius 1 is 1.31 bits per heavy atom. The molecule has 0 spiro atoms. The van der Waals surface area contributed by atoms with Gasteiger partial charge in [0.05, 0.1) is 18.3 Å². The lowest BCUT2D eigenvalue weighted by Crippen LogP contribution is -2.42. The summed E-state index contributed by atoms with van der Waals surface area (Å²) in [6.45, 7) is 2.26. The summed E-state index contributed by atoms with van der Waals surface area (Å²) in [7, 11) is 1.57. The minimum Gasteiger partial charge on any atom is -0.493 e. The van der Waals surface area contributed by atoms with Gasteiger partial charge >= 0.3 is 0 Å². The molecule has 0 saturated carbocycles. The zero-order valence-corrected chi connectivity index (χ0v) is 16.8. The molecule has 0 atom stereocenters. The molecule has 1 saturated heterocycles. The zero-order valence-electron chi connectivity index (χ0n) is 14.4. The van der Waals surface area contributed by atoms with Crippen LogP contribution in [0.1, 0.15) is 28.9 Å². The van der Waals surface area contributed by atoms with E-state index in [0.29, 0.717) is 23.7 Å². The van der Waals surface area contributed by atoms with Gasteiger partial charge in [-0.3, -0.25) is 4.79 Å². The number of carbonyl (C=O) groups is 1. The number of aromatic nitrogens is 1. The third kappa shape index (κ3) is 6.02. The summed E-state index contributed by atoms with van der Waals surface area (Å²) in [6.07, 6.45) is 1.91. The minimum absolute atomic E-state index is 0. The second-order valence-corrected chi connectivity index (χ2v) is 6.35. The minimum atomic E-state index is -0.0775. The highest BCUT2D eigenvalue weighted by atomic mass is 35.5. The second-order valence-electron chi connectivity index (χ2n) is 5.63. The summed E-state index contributed by atoms with van der Waals surface area (Å²) in [4.78, 5) is 16.6. The van der Waals surface area contributed by atoms with Gasteiger partial charge in [0.25, 0.3) is 5.91 Å². The molecule has 6 nitrogen and oxygen atoms in total. The molecule has 9 heteroatoms. The van der Waals surface area contributed by atoms with Gasteiger partial charge in [-0.05, 0) is 44.1 Å². The van der Waals surface area contributed by atoms with Crippen molar-refractivity contribution in [3.8, 4) is 11.5 Å². The van der Waals surface area contributed by atoms with Crippen LogP contribution >= 0.6 is 36.2 Å². The third-order valence-electron chi connectivity index (χ3n) is 3.96. The van der Waals surface area contributed by atoms with Crippen molar-refractivity contribution in [2.24, 2.45) is 0 Å². The molecule has 1 amide bonds. The van der Waals surface area contributed by atoms with Crippen molar-refractivity contribution >= 4 is 42.1 Å². The fraction of sp³-hybridized carbons (Fsp3) is 0.412. The van der Waals surface area contributed by atoms with Gasteiger partial charge in [0.2, 0.25) is 0 Å². The average Bonchev–Trinajstić information content (AvgIpc) is 3.14. The number of ether oxygens (including phenoxy) is 2. The molecule has 2 N–H and O–H groups in total. The number of amides is 1. The van der Waals surface area contributed by atoms with E-state index in [2.05, 4.69) is 15.6 Å². The Bertz CT molecular complexity index is 680. The van der Waals surface area contributed by atoms with E-state index in [-0.39, 0.29) is 36.8 Å². The summed E-state index contributed by atoms with van der Waals surface area (Å²) in [6, 6.07) is 5.47. The molecule has 1 aromatic heterocycles. The number of nitrogens with zero attached hydrogens (tertiary/aromatic N) is 1. The van der Waals surface area contributed by atoms with Gasteiger partial charge in [-0.15, -0.1) is 36.2 Å². The largest absolute Gasteiger partial charge is 0.493 e. The van der Waals surface area contributed by atoms with Crippen molar-refractivity contribution in [3.05, 3.63) is 40.3 Å². The summed E-state index contributed by atoms with van der Waals surface area (Å²) in [5, 5.41) is 8.30. The average molecular weight is 420 g/mol. The molecule has 0 radical (unpaired) electrons. The Morgan fingerprint density at radius 2 is 2.08 bits per heavy atom. The van der Waals surface area contributed by atoms with Crippen LogP contribution in [-0.4, -0.2) is 37.1 Å². The van der Waals surface area contributed by atoms with Crippen molar-refractivity contribution < 1.29 is 14.3 Å². The summed E-state index contributed by atoms with van der Waals surface area (Å²) < 4.78 is 11.1. The van der Waals surface area contributed by atoms with E-state index >= 15 is 0 Å². The van der Waals surface area contributed by atoms with Crippen LogP contribution < -0.4 is 20.1 Å². The predicted molar refractivity (Wildman–Crippen MR) is 107 cm³/mol. The topological polar surface area (TPSA) is 72.5 Å². The van der Waals surface area contributed by atoms with Crippen molar-refractivity contribution in [1.29, 1.82) is 0 Å². The van der Waals surface area contributed by atoms with Gasteiger partial charge in [0.15, 0.2) is 11.5 Å². The van der Waals surface area contributed by atoms with Crippen LogP contribution in [0, 0.1) is 0 Å². The van der Waals surface area contributed by atoms with Crippen LogP contribution in [0.15, 0.2) is 29.1 Å². The molecule has 0 unspecified atom stereocenters. The molecular formula is C17H23Cl2N3O3S. The van der Waals surface area contributed by atoms with E-state index in [1.807, 2.05) is 5.38 Å². The molecule has 2 heterocycles. The number of rotatable bonds is 6. The predicted octanol–water partition coefficient (Wildman–Crippen LogP) is 3.06. The lowest BCUT2D eigenvalue weighted by atomic mass is 10.1. The zero-order chi connectivity index (χ0) is 16.8. The van der Waals surface area contributed by atoms with Crippen LogP contribution in [0.5, 0.6) is 11.5 Å². The van der Waals surface area contributed by atoms with Crippen molar-refractivity contribution in [2.75, 3.05) is 20.2 Å². The van der Waals surface area contributed by atoms with E-state index in [1.54, 1.807) is 30.8 Å². The van der Waals surface area contributed by atoms with E-state index in [4.69, 9.17) is 9.47 Å². The van der Waals surface area contributed by atoms with Gasteiger partial charge in [0.1, 0.15) is 6.61 Å². The van der Waals surface area contributed by atoms with Gasteiger partial charge in [-0.2, -0.15) is 0 Å². The smallest absolute Gasteiger partial charge is 0.251 e. The number of hydrogen-bond donors (Lipinski definition) is 2. The number of carbonyl (C=O) groups excluding carboxylic acids is 1. The van der Waals surface area contributed by atoms with Gasteiger partial charge in [-0.25, -0.2) is 4.98 Å². The van der Waals surface area contributed by atoms with Crippen LogP contribution in [0.2, 0.25) is 0 Å². The van der Waals surface area contributed by atoms with E-state index < -0.39 is 0 Å². The molecule has 0 aliphatic carbocycles. The SMILES string of the molecule is COc1cc(C(=O)NC2CCNCC2)ccc1OCc1cscn1.Cl.Cl. The Hall–Kier alpha value is -1.54. The normalized spacial score (nSPS) is 13.9. The number of methoxy groups -OCH3 is 1. The maximum Gasteiger partial charge on any atom is 0.251 e. The highest BCUT2D eigenvalue weighted by Crippen LogP contribution is 2.29. The van der Waals surface area contributed by atoms with E-state index in [1.165, 1.54) is 11.3 Å². The summed E-state index contributed by atoms with van der Waals surface area (Å²) in [5.74, 6) is 1.07. The van der Waals surface area contributed by atoms with Gasteiger partial charge in [0, 0.05) is 17.0 Å². The van der Waals surface area contributed by atoms with Crippen molar-refractivity contribution in [1.82, 2.24) is 15.6 Å². The Kier molecular flexibility index (Phi) is 9.72. The molecule has 1 aliphatic heterocycles. The fourth-order valence-electron chi connectivity index (χ4n) is 2.62. The molecule has 1 aliphatic rings. The third-order valence-corrected chi connectivity index (χ3v) is 4.59. The molecule has 26 heavy (non-hydrogen) atoms. The molecular weight excluding hydrogens is 397 g/mol. The van der Waals surface area contributed by atoms with E-state index in [9.17, 15) is 4.79 Å². The van der Waals surface area contributed by atoms with Crippen molar-refractivity contribution in [2.45, 2.75) is 25.5 Å². The number of halogens is 2. The lowest BCUT2D eigenvalue weighted by molar-refractivity contribution is 0.0929. The summed E-state index contributed by atoms with van der Waals surface area (Å²) in [5.41, 5.74) is 3.21. The molecule has 144 valence electrons. The number of nitrogens with one attached hydrogen (secondary N) is 2. The molecule has 1 aromatic carbocycles. The Balaban J connectivity index is 0.00000169. The quantitative estimate of drug-likeness (QED) is 0.752. The highest BCUT2D eigenvalue weighted by molar-refractivity contribution is 7.07. The van der Waals surface area contributed by atoms with Crippen LogP contribution in [-0.2, 0) is 6.61 Å². The fourth-order valence-corrected chi connectivity index (χ4v) is 3.17. The van der Waals surface area contributed by atoms with Gasteiger partial charge in [-0.1, -0.05) is 0 Å². The molecule has 0 bridgehead atoms. The monoisotopic (exact) mass is 419 g/mol. The Morgan fingerprint density at radius 3 is 2.73 bits per heavy atom. The first-order valence-corrected chi connectivity index (χ1v) is 8.90. The number of benzene rings is 1. The summed E-state index contributed by atoms with van der Waals surface area (Å²) >= 11 is 1.53. The first-order valence-electron chi connectivity index (χ1n) is 7.96. The maximum absolute atomic E-state index is 12.4. The lowest BCUT2D eigenvalue weighted by Gasteiger charge is -2.23. The first kappa shape index (κ1) is 22.5. The Labute approximate surface area is 169 Å². The second kappa shape index (κ2) is 11.2. The van der Waals surface area contributed by atoms with Crippen molar-refractivity contribution in [3.63, 3.8) is 0 Å². The van der Waals surface area contributed by atoms with Crippen LogP contribution in [0.4, 0.5) is 0 Å². The number of hydrogen-bond acceptors (Lipinski definition) is 6. The number of thiazole rings is 1. The first-order chi connectivity index (χ1) is 11.8. The van der Waals surface area contributed by atoms with Crippen LogP contribution in [0.25, 0.3) is 0 Å². The van der Waals surface area contributed by atoms with Gasteiger partial charge < -0.3 is 20.1 Å². The number of piperidine rings is 1. The maximum atomic E-state index is 12.4. The molecule has 2 aromatic rings. The molecule has 3 rings (SSSR count). The standard InChI is InChI=1S/C17H21N3O3S.2ClH/c1-22-16-8-12(17(21)20-13-4-6-18-7-5-13)2-3-15(16)23-9-14-10-24-11-19-14;;/h2-3,8,10-11,13,18H,4-7,9H2,1H3,(H,20,21);2*1H. The van der Waals surface area contributed by atoms with E-state index in [0.717, 1.165) is 31.6 Å². The molecule has 1 fully saturated rings.